The monoisotopic (exact) mass is 564 g/mol. The number of aliphatic hydroxyl groups excluding tert-OH is 1. The zero-order valence-corrected chi connectivity index (χ0v) is 22.3. The van der Waals surface area contributed by atoms with Crippen LogP contribution in [0.2, 0.25) is 0 Å². The molecular formula is C28H31F3N2O5S. The van der Waals surface area contributed by atoms with Gasteiger partial charge in [0.05, 0.1) is 35.8 Å². The summed E-state index contributed by atoms with van der Waals surface area (Å²) in [6, 6.07) is 12.0. The molecule has 1 aromatic heterocycles. The lowest BCUT2D eigenvalue weighted by atomic mass is 9.82. The number of aromatic nitrogens is 1. The van der Waals surface area contributed by atoms with Gasteiger partial charge in [0.2, 0.25) is 5.88 Å². The van der Waals surface area contributed by atoms with Crippen LogP contribution in [-0.2, 0) is 9.84 Å². The Labute approximate surface area is 225 Å². The van der Waals surface area contributed by atoms with Gasteiger partial charge in [-0.2, -0.15) is 13.2 Å². The van der Waals surface area contributed by atoms with Crippen molar-refractivity contribution in [2.45, 2.75) is 49.7 Å². The average molecular weight is 565 g/mol. The Kier molecular flexibility index (Phi) is 8.80. The predicted molar refractivity (Wildman–Crippen MR) is 140 cm³/mol. The van der Waals surface area contributed by atoms with E-state index >= 15 is 0 Å². The number of carbonyl (C=O) groups is 1. The molecule has 1 aliphatic carbocycles. The molecule has 0 radical (unpaired) electrons. The van der Waals surface area contributed by atoms with Gasteiger partial charge in [-0.15, -0.1) is 0 Å². The van der Waals surface area contributed by atoms with Gasteiger partial charge in [0.25, 0.3) is 5.91 Å². The van der Waals surface area contributed by atoms with E-state index in [9.17, 15) is 31.5 Å². The maximum atomic E-state index is 13.0. The maximum Gasteiger partial charge on any atom is 0.391 e. The summed E-state index contributed by atoms with van der Waals surface area (Å²) < 4.78 is 68.7. The summed E-state index contributed by atoms with van der Waals surface area (Å²) in [5.41, 5.74) is 0.902. The number of nitrogens with zero attached hydrogens (tertiary/aromatic N) is 1. The molecule has 1 fully saturated rings. The smallest absolute Gasteiger partial charge is 0.391 e. The molecular weight excluding hydrogens is 533 g/mol. The molecule has 2 N–H and O–H groups in total. The van der Waals surface area contributed by atoms with Gasteiger partial charge in [-0.05, 0) is 78.9 Å². The lowest BCUT2D eigenvalue weighted by Gasteiger charge is -2.29. The minimum atomic E-state index is -4.15. The summed E-state index contributed by atoms with van der Waals surface area (Å²) in [6.45, 7) is 1.45. The highest BCUT2D eigenvalue weighted by molar-refractivity contribution is 7.91. The number of hydrogen-bond acceptors (Lipinski definition) is 6. The number of fused-ring (bicyclic) bond motifs is 1. The van der Waals surface area contributed by atoms with Crippen molar-refractivity contribution in [1.29, 1.82) is 0 Å². The molecule has 11 heteroatoms. The van der Waals surface area contributed by atoms with Gasteiger partial charge in [-0.25, -0.2) is 13.4 Å². The average Bonchev–Trinajstić information content (AvgIpc) is 2.94. The van der Waals surface area contributed by atoms with Crippen LogP contribution in [0.3, 0.4) is 0 Å². The molecule has 0 spiro atoms. The first-order valence-electron chi connectivity index (χ1n) is 12.8. The van der Waals surface area contributed by atoms with E-state index in [-0.39, 0.29) is 42.6 Å². The molecule has 1 heterocycles. The first-order chi connectivity index (χ1) is 18.5. The van der Waals surface area contributed by atoms with Crippen molar-refractivity contribution in [1.82, 2.24) is 10.3 Å². The molecule has 1 saturated carbocycles. The summed E-state index contributed by atoms with van der Waals surface area (Å²) in [5.74, 6) is -1.32. The van der Waals surface area contributed by atoms with Crippen molar-refractivity contribution in [3.8, 4) is 5.88 Å². The van der Waals surface area contributed by atoms with E-state index in [1.807, 2.05) is 0 Å². The fraction of sp³-hybridized carbons (Fsp3) is 0.429. The molecule has 0 aliphatic heterocycles. The van der Waals surface area contributed by atoms with Gasteiger partial charge in [0.15, 0.2) is 9.84 Å². The van der Waals surface area contributed by atoms with E-state index in [0.29, 0.717) is 40.6 Å². The van der Waals surface area contributed by atoms with Crippen LogP contribution in [0.1, 0.15) is 54.6 Å². The van der Waals surface area contributed by atoms with Gasteiger partial charge in [-0.1, -0.05) is 19.1 Å². The van der Waals surface area contributed by atoms with Gasteiger partial charge in [-0.3, -0.25) is 4.79 Å². The first-order valence-corrected chi connectivity index (χ1v) is 14.5. The van der Waals surface area contributed by atoms with Crippen molar-refractivity contribution in [3.63, 3.8) is 0 Å². The number of carbonyl (C=O) groups excluding carboxylic acids is 1. The summed E-state index contributed by atoms with van der Waals surface area (Å²) in [6.07, 6.45) is -1.49. The Balaban J connectivity index is 1.41. The van der Waals surface area contributed by atoms with Crippen LogP contribution in [-0.4, -0.2) is 49.6 Å². The van der Waals surface area contributed by atoms with Crippen LogP contribution >= 0.6 is 0 Å². The zero-order valence-electron chi connectivity index (χ0n) is 21.4. The van der Waals surface area contributed by atoms with Crippen LogP contribution in [0.15, 0.2) is 59.6 Å². The molecule has 4 rings (SSSR count). The molecule has 1 amide bonds. The van der Waals surface area contributed by atoms with Crippen LogP contribution in [0.25, 0.3) is 10.8 Å². The van der Waals surface area contributed by atoms with Crippen LogP contribution in [0.5, 0.6) is 5.88 Å². The number of sulfone groups is 1. The number of nitrogens with one attached hydrogen (secondary N) is 1. The third-order valence-electron chi connectivity index (χ3n) is 7.26. The van der Waals surface area contributed by atoms with E-state index in [1.165, 1.54) is 12.1 Å². The second-order valence-electron chi connectivity index (χ2n) is 9.80. The number of pyridine rings is 1. The standard InChI is InChI=1S/C28H31F3N2O5S/c1-2-39(36,37)23-10-5-19(6-11-23)25(16-34)33-26(35)21-7-12-24-20(15-21)13-14-32-27(24)38-17-18-3-8-22(9-4-18)28(29,30)31/h5-7,10-15,18,22,25,34H,2-4,8-9,16-17H2,1H3,(H,33,35)/t18?,22?,25-/m0/s1. The topological polar surface area (TPSA) is 106 Å². The number of amides is 1. The summed E-state index contributed by atoms with van der Waals surface area (Å²) in [5, 5.41) is 14.0. The number of hydrogen-bond donors (Lipinski definition) is 2. The molecule has 2 aromatic carbocycles. The predicted octanol–water partition coefficient (Wildman–Crippen LogP) is 5.24. The van der Waals surface area contributed by atoms with Gasteiger partial charge < -0.3 is 15.2 Å². The SMILES string of the molecule is CCS(=O)(=O)c1ccc([C@H](CO)NC(=O)c2ccc3c(OCC4CCC(C(F)(F)F)CC4)nccc3c2)cc1. The second kappa shape index (κ2) is 11.9. The second-order valence-corrected chi connectivity index (χ2v) is 12.1. The van der Waals surface area contributed by atoms with E-state index in [1.54, 1.807) is 49.5 Å². The van der Waals surface area contributed by atoms with Crippen molar-refractivity contribution in [2.75, 3.05) is 19.0 Å². The molecule has 7 nitrogen and oxygen atoms in total. The molecule has 210 valence electrons. The minimum absolute atomic E-state index is 0.0252. The highest BCUT2D eigenvalue weighted by Gasteiger charge is 2.41. The van der Waals surface area contributed by atoms with Crippen LogP contribution < -0.4 is 10.1 Å². The Morgan fingerprint density at radius 1 is 1.10 bits per heavy atom. The number of alkyl halides is 3. The van der Waals surface area contributed by atoms with Gasteiger partial charge in [0, 0.05) is 17.1 Å². The van der Waals surface area contributed by atoms with E-state index in [0.717, 1.165) is 0 Å². The van der Waals surface area contributed by atoms with Crippen LogP contribution in [0.4, 0.5) is 13.2 Å². The van der Waals surface area contributed by atoms with Gasteiger partial charge >= 0.3 is 6.18 Å². The fourth-order valence-electron chi connectivity index (χ4n) is 4.81. The molecule has 3 aromatic rings. The van der Waals surface area contributed by atoms with Crippen molar-refractivity contribution in [3.05, 3.63) is 65.9 Å². The van der Waals surface area contributed by atoms with Crippen molar-refractivity contribution >= 4 is 26.5 Å². The summed E-state index contributed by atoms with van der Waals surface area (Å²) in [4.78, 5) is 17.4. The zero-order chi connectivity index (χ0) is 28.2. The molecule has 0 saturated heterocycles. The van der Waals surface area contributed by atoms with E-state index in [2.05, 4.69) is 10.3 Å². The summed E-state index contributed by atoms with van der Waals surface area (Å²) >= 11 is 0. The third-order valence-corrected chi connectivity index (χ3v) is 9.02. The summed E-state index contributed by atoms with van der Waals surface area (Å²) in [7, 11) is -3.36. The Morgan fingerprint density at radius 2 is 1.79 bits per heavy atom. The lowest BCUT2D eigenvalue weighted by Crippen LogP contribution is -2.30. The van der Waals surface area contributed by atoms with Gasteiger partial charge in [0.1, 0.15) is 0 Å². The van der Waals surface area contributed by atoms with E-state index < -0.39 is 33.9 Å². The highest BCUT2D eigenvalue weighted by Crippen LogP contribution is 2.39. The number of rotatable bonds is 9. The quantitative estimate of drug-likeness (QED) is 0.368. The third kappa shape index (κ3) is 6.88. The Bertz CT molecular complexity index is 1400. The molecule has 0 unspecified atom stereocenters. The minimum Gasteiger partial charge on any atom is -0.477 e. The first kappa shape index (κ1) is 28.8. The number of benzene rings is 2. The highest BCUT2D eigenvalue weighted by atomic mass is 32.2. The van der Waals surface area contributed by atoms with Crippen molar-refractivity contribution in [2.24, 2.45) is 11.8 Å². The fourth-order valence-corrected chi connectivity index (χ4v) is 5.69. The normalized spacial score (nSPS) is 19.0. The van der Waals surface area contributed by atoms with E-state index in [4.69, 9.17) is 4.74 Å². The molecule has 1 atom stereocenters. The van der Waals surface area contributed by atoms with Crippen LogP contribution in [0, 0.1) is 11.8 Å². The number of ether oxygens (including phenoxy) is 1. The van der Waals surface area contributed by atoms with Crippen molar-refractivity contribution < 1.29 is 36.2 Å². The largest absolute Gasteiger partial charge is 0.477 e. The molecule has 39 heavy (non-hydrogen) atoms. The number of aliphatic hydroxyl groups is 1. The lowest BCUT2D eigenvalue weighted by molar-refractivity contribution is -0.184. The molecule has 1 aliphatic rings. The number of halogens is 3. The Hall–Kier alpha value is -3.18. The molecule has 0 bridgehead atoms. The Morgan fingerprint density at radius 3 is 2.41 bits per heavy atom. The maximum absolute atomic E-state index is 13.0.